The van der Waals surface area contributed by atoms with Crippen LogP contribution in [-0.4, -0.2) is 27.3 Å². The molecule has 2 rings (SSSR count). The quantitative estimate of drug-likeness (QED) is 0.852. The SMILES string of the molecule is CCn1nc(C(C)C)cc1C(=O)NC[C@H](O)c1ccccc1Cl. The van der Waals surface area contributed by atoms with Crippen molar-refractivity contribution in [3.8, 4) is 0 Å². The fraction of sp³-hybridized carbons (Fsp3) is 0.412. The van der Waals surface area contributed by atoms with Crippen LogP contribution in [0.5, 0.6) is 0 Å². The summed E-state index contributed by atoms with van der Waals surface area (Å²) in [6, 6.07) is 8.85. The number of aryl methyl sites for hydroxylation is 1. The minimum absolute atomic E-state index is 0.0917. The van der Waals surface area contributed by atoms with Crippen molar-refractivity contribution in [2.24, 2.45) is 0 Å². The van der Waals surface area contributed by atoms with Gasteiger partial charge in [-0.1, -0.05) is 43.6 Å². The molecule has 0 fully saturated rings. The van der Waals surface area contributed by atoms with Crippen molar-refractivity contribution in [2.75, 3.05) is 6.54 Å². The number of aliphatic hydroxyl groups is 1. The molecule has 0 aliphatic heterocycles. The molecule has 2 N–H and O–H groups in total. The van der Waals surface area contributed by atoms with Crippen molar-refractivity contribution in [3.63, 3.8) is 0 Å². The Bertz CT molecular complexity index is 682. The van der Waals surface area contributed by atoms with Crippen molar-refractivity contribution in [1.29, 1.82) is 0 Å². The summed E-state index contributed by atoms with van der Waals surface area (Å²) >= 11 is 6.05. The van der Waals surface area contributed by atoms with Crippen LogP contribution in [0.4, 0.5) is 0 Å². The summed E-state index contributed by atoms with van der Waals surface area (Å²) in [6.45, 7) is 6.71. The molecule has 6 heteroatoms. The second kappa shape index (κ2) is 7.62. The summed E-state index contributed by atoms with van der Waals surface area (Å²) in [5.74, 6) is 0.000388. The molecule has 1 heterocycles. The summed E-state index contributed by atoms with van der Waals surface area (Å²) in [5.41, 5.74) is 1.98. The first-order valence-electron chi connectivity index (χ1n) is 7.72. The van der Waals surface area contributed by atoms with Gasteiger partial charge in [0.05, 0.1) is 11.8 Å². The van der Waals surface area contributed by atoms with Gasteiger partial charge in [0.2, 0.25) is 0 Å². The molecule has 2 aromatic rings. The summed E-state index contributed by atoms with van der Waals surface area (Å²) in [4.78, 5) is 12.4. The number of benzene rings is 1. The molecule has 0 bridgehead atoms. The van der Waals surface area contributed by atoms with E-state index in [4.69, 9.17) is 11.6 Å². The van der Waals surface area contributed by atoms with Gasteiger partial charge in [0.1, 0.15) is 5.69 Å². The van der Waals surface area contributed by atoms with Gasteiger partial charge in [-0.05, 0) is 25.0 Å². The van der Waals surface area contributed by atoms with Gasteiger partial charge in [-0.3, -0.25) is 9.48 Å². The molecule has 23 heavy (non-hydrogen) atoms. The zero-order valence-electron chi connectivity index (χ0n) is 13.6. The third kappa shape index (κ3) is 4.12. The molecule has 1 aromatic heterocycles. The minimum Gasteiger partial charge on any atom is -0.387 e. The zero-order valence-corrected chi connectivity index (χ0v) is 14.3. The lowest BCUT2D eigenvalue weighted by atomic mass is 10.1. The van der Waals surface area contributed by atoms with Crippen LogP contribution in [0.15, 0.2) is 30.3 Å². The molecule has 0 spiro atoms. The highest BCUT2D eigenvalue weighted by molar-refractivity contribution is 6.31. The van der Waals surface area contributed by atoms with Gasteiger partial charge in [0, 0.05) is 23.7 Å². The number of aromatic nitrogens is 2. The molecule has 0 saturated heterocycles. The molecule has 1 atom stereocenters. The van der Waals surface area contributed by atoms with Crippen LogP contribution in [0.25, 0.3) is 0 Å². The maximum atomic E-state index is 12.4. The number of nitrogens with one attached hydrogen (secondary N) is 1. The van der Waals surface area contributed by atoms with E-state index in [-0.39, 0.29) is 18.4 Å². The molecule has 0 aliphatic rings. The number of hydrogen-bond acceptors (Lipinski definition) is 3. The number of halogens is 1. The van der Waals surface area contributed by atoms with E-state index < -0.39 is 6.10 Å². The lowest BCUT2D eigenvalue weighted by Crippen LogP contribution is -2.30. The Labute approximate surface area is 141 Å². The number of hydrogen-bond donors (Lipinski definition) is 2. The monoisotopic (exact) mass is 335 g/mol. The topological polar surface area (TPSA) is 67.2 Å². The van der Waals surface area contributed by atoms with Gasteiger partial charge < -0.3 is 10.4 Å². The van der Waals surface area contributed by atoms with E-state index in [1.54, 1.807) is 35.0 Å². The van der Waals surface area contributed by atoms with E-state index in [0.29, 0.717) is 22.8 Å². The van der Waals surface area contributed by atoms with E-state index in [2.05, 4.69) is 10.4 Å². The third-order valence-electron chi connectivity index (χ3n) is 3.64. The van der Waals surface area contributed by atoms with Crippen molar-refractivity contribution in [3.05, 3.63) is 52.3 Å². The summed E-state index contributed by atoms with van der Waals surface area (Å²) in [6.07, 6.45) is -0.852. The van der Waals surface area contributed by atoms with Gasteiger partial charge in [-0.25, -0.2) is 0 Å². The number of aliphatic hydroxyl groups excluding tert-OH is 1. The highest BCUT2D eigenvalue weighted by Crippen LogP contribution is 2.22. The fourth-order valence-electron chi connectivity index (χ4n) is 2.28. The zero-order chi connectivity index (χ0) is 17.0. The van der Waals surface area contributed by atoms with Crippen molar-refractivity contribution < 1.29 is 9.90 Å². The molecule has 124 valence electrons. The second-order valence-corrected chi connectivity index (χ2v) is 6.08. The minimum atomic E-state index is -0.852. The maximum Gasteiger partial charge on any atom is 0.269 e. The molecule has 1 amide bonds. The number of carbonyl (C=O) groups excluding carboxylic acids is 1. The molecular formula is C17H22ClN3O2. The average molecular weight is 336 g/mol. The predicted molar refractivity (Wildman–Crippen MR) is 90.7 cm³/mol. The Hall–Kier alpha value is -1.85. The normalized spacial score (nSPS) is 12.4. The van der Waals surface area contributed by atoms with Crippen LogP contribution in [0.1, 0.15) is 54.5 Å². The van der Waals surface area contributed by atoms with Gasteiger partial charge in [0.15, 0.2) is 0 Å². The molecule has 0 unspecified atom stereocenters. The van der Waals surface area contributed by atoms with Gasteiger partial charge in [-0.2, -0.15) is 5.10 Å². The predicted octanol–water partition coefficient (Wildman–Crippen LogP) is 3.14. The molecule has 0 saturated carbocycles. The molecular weight excluding hydrogens is 314 g/mol. The lowest BCUT2D eigenvalue weighted by Gasteiger charge is -2.13. The highest BCUT2D eigenvalue weighted by atomic mass is 35.5. The number of amides is 1. The van der Waals surface area contributed by atoms with E-state index in [0.717, 1.165) is 5.69 Å². The Morgan fingerprint density at radius 2 is 2.09 bits per heavy atom. The molecule has 0 radical (unpaired) electrons. The fourth-order valence-corrected chi connectivity index (χ4v) is 2.54. The third-order valence-corrected chi connectivity index (χ3v) is 3.99. The number of nitrogens with zero attached hydrogens (tertiary/aromatic N) is 2. The summed E-state index contributed by atoms with van der Waals surface area (Å²) < 4.78 is 1.67. The van der Waals surface area contributed by atoms with Gasteiger partial charge >= 0.3 is 0 Å². The van der Waals surface area contributed by atoms with E-state index in [1.807, 2.05) is 20.8 Å². The maximum absolute atomic E-state index is 12.4. The van der Waals surface area contributed by atoms with E-state index >= 15 is 0 Å². The van der Waals surface area contributed by atoms with Gasteiger partial charge in [0.25, 0.3) is 5.91 Å². The number of carbonyl (C=O) groups is 1. The second-order valence-electron chi connectivity index (χ2n) is 5.67. The first-order valence-corrected chi connectivity index (χ1v) is 8.10. The number of rotatable bonds is 6. The van der Waals surface area contributed by atoms with E-state index in [9.17, 15) is 9.90 Å². The van der Waals surface area contributed by atoms with Crippen molar-refractivity contribution in [1.82, 2.24) is 15.1 Å². The highest BCUT2D eigenvalue weighted by Gasteiger charge is 2.18. The largest absolute Gasteiger partial charge is 0.387 e. The van der Waals surface area contributed by atoms with Crippen LogP contribution in [0.2, 0.25) is 5.02 Å². The first-order chi connectivity index (χ1) is 10.9. The Balaban J connectivity index is 2.06. The Kier molecular flexibility index (Phi) is 5.80. The standard InChI is InChI=1S/C17H22ClN3O2/c1-4-21-15(9-14(20-21)11(2)3)17(23)19-10-16(22)12-7-5-6-8-13(12)18/h5-9,11,16,22H,4,10H2,1-3H3,(H,19,23)/t16-/m0/s1. The van der Waals surface area contributed by atoms with Crippen LogP contribution < -0.4 is 5.32 Å². The molecule has 1 aromatic carbocycles. The Morgan fingerprint density at radius 3 is 2.70 bits per heavy atom. The smallest absolute Gasteiger partial charge is 0.269 e. The first kappa shape index (κ1) is 17.5. The van der Waals surface area contributed by atoms with Crippen LogP contribution in [0, 0.1) is 0 Å². The molecule has 0 aliphatic carbocycles. The Morgan fingerprint density at radius 1 is 1.39 bits per heavy atom. The average Bonchev–Trinajstić information content (AvgIpc) is 2.97. The van der Waals surface area contributed by atoms with Crippen LogP contribution in [-0.2, 0) is 6.54 Å². The summed E-state index contributed by atoms with van der Waals surface area (Å²) in [5, 5.41) is 17.8. The van der Waals surface area contributed by atoms with E-state index in [1.165, 1.54) is 0 Å². The van der Waals surface area contributed by atoms with Gasteiger partial charge in [-0.15, -0.1) is 0 Å². The van der Waals surface area contributed by atoms with Crippen molar-refractivity contribution >= 4 is 17.5 Å². The van der Waals surface area contributed by atoms with Crippen LogP contribution in [0.3, 0.4) is 0 Å². The molecule has 5 nitrogen and oxygen atoms in total. The lowest BCUT2D eigenvalue weighted by molar-refractivity contribution is 0.0906. The van der Waals surface area contributed by atoms with Crippen molar-refractivity contribution in [2.45, 2.75) is 39.3 Å². The van der Waals surface area contributed by atoms with Crippen LogP contribution >= 0.6 is 11.6 Å². The summed E-state index contributed by atoms with van der Waals surface area (Å²) in [7, 11) is 0.